The van der Waals surface area contributed by atoms with Crippen LogP contribution < -0.4 is 0 Å². The lowest BCUT2D eigenvalue weighted by molar-refractivity contribution is -0.931. The Morgan fingerprint density at radius 2 is 1.31 bits per heavy atom. The minimum absolute atomic E-state index is 0.719. The van der Waals surface area contributed by atoms with Crippen molar-refractivity contribution in [2.24, 2.45) is 0 Å². The van der Waals surface area contributed by atoms with Crippen molar-refractivity contribution < 1.29 is 60.9 Å². The summed E-state index contributed by atoms with van der Waals surface area (Å²) in [7, 11) is -8.47. The third-order valence-corrected chi connectivity index (χ3v) is 10.8. The molecule has 2 atom stereocenters. The zero-order valence-corrected chi connectivity index (χ0v) is 20.8. The predicted molar refractivity (Wildman–Crippen MR) is 104 cm³/mol. The topological polar surface area (TPSA) is 110 Å². The SMILES string of the molecule is CCC1CCCC[N+]1(C)C[Si](OC)(OC)OC.O=S(=O)([N-]S(=O)(=O)C(F)(F)F)C(F)(F)F. The average Bonchev–Trinajstić information content (AvgIpc) is 2.64. The second kappa shape index (κ2) is 11.3. The molecule has 18 heteroatoms. The average molecular weight is 543 g/mol. The molecule has 1 saturated heterocycles. The summed E-state index contributed by atoms with van der Waals surface area (Å²) in [5, 5.41) is 0. The van der Waals surface area contributed by atoms with Crippen molar-refractivity contribution in [1.82, 2.24) is 0 Å². The van der Waals surface area contributed by atoms with Crippen molar-refractivity contribution in [2.75, 3.05) is 41.1 Å². The molecule has 0 aliphatic carbocycles. The van der Waals surface area contributed by atoms with E-state index in [9.17, 15) is 43.2 Å². The largest absolute Gasteiger partial charge is 0.558 e. The van der Waals surface area contributed by atoms with Gasteiger partial charge in [0, 0.05) is 21.3 Å². The normalized spacial score (nSPS) is 23.4. The lowest BCUT2D eigenvalue weighted by atomic mass is 9.98. The van der Waals surface area contributed by atoms with Gasteiger partial charge in [-0.25, -0.2) is 16.8 Å². The zero-order chi connectivity index (χ0) is 25.6. The number of rotatable bonds is 8. The summed E-state index contributed by atoms with van der Waals surface area (Å²) in [4.78, 5) is 0. The number of sulfonamides is 2. The van der Waals surface area contributed by atoms with Gasteiger partial charge in [0.15, 0.2) is 20.0 Å². The predicted octanol–water partition coefficient (Wildman–Crippen LogP) is 2.87. The standard InChI is InChI=1S/C12H28NO3Si.C2F6NO4S2/c1-6-12-9-7-8-10-13(12,2)11-17(14-3,15-4)16-5;3-1(4,5)14(10,11)9-15(12,13)2(6,7)8/h12H,6-11H2,1-5H3;/q+1;-1. The van der Waals surface area contributed by atoms with E-state index in [1.807, 2.05) is 0 Å². The number of hydrogen-bond donors (Lipinski definition) is 0. The summed E-state index contributed by atoms with van der Waals surface area (Å²) >= 11 is 0. The Kier molecular flexibility index (Phi) is 11.1. The summed E-state index contributed by atoms with van der Waals surface area (Å²) < 4.78 is 127. The van der Waals surface area contributed by atoms with Crippen molar-refractivity contribution in [3.8, 4) is 0 Å². The molecule has 194 valence electrons. The molecule has 0 aromatic heterocycles. The van der Waals surface area contributed by atoms with Gasteiger partial charge in [-0.3, -0.25) is 0 Å². The minimum Gasteiger partial charge on any atom is -0.421 e. The Balaban J connectivity index is 0.000000607. The maximum atomic E-state index is 11.4. The van der Waals surface area contributed by atoms with Gasteiger partial charge in [0.05, 0.1) is 19.6 Å². The fraction of sp³-hybridized carbons (Fsp3) is 1.00. The van der Waals surface area contributed by atoms with Gasteiger partial charge in [-0.1, -0.05) is 6.92 Å². The molecule has 0 aromatic rings. The molecule has 9 nitrogen and oxygen atoms in total. The quantitative estimate of drug-likeness (QED) is 0.264. The lowest BCUT2D eigenvalue weighted by Crippen LogP contribution is -2.65. The maximum Gasteiger partial charge on any atom is 0.558 e. The first-order chi connectivity index (χ1) is 14.3. The van der Waals surface area contributed by atoms with Gasteiger partial charge in [0.2, 0.25) is 0 Å². The Labute approximate surface area is 185 Å². The van der Waals surface area contributed by atoms with Crippen LogP contribution in [-0.4, -0.2) is 88.3 Å². The molecule has 1 rings (SSSR count). The van der Waals surface area contributed by atoms with E-state index in [-0.39, 0.29) is 0 Å². The van der Waals surface area contributed by atoms with E-state index in [0.29, 0.717) is 0 Å². The van der Waals surface area contributed by atoms with Crippen LogP contribution in [0, 0.1) is 0 Å². The van der Waals surface area contributed by atoms with Crippen molar-refractivity contribution in [3.63, 3.8) is 0 Å². The molecule has 1 aliphatic heterocycles. The van der Waals surface area contributed by atoms with E-state index in [0.717, 1.165) is 20.8 Å². The van der Waals surface area contributed by atoms with E-state index in [4.69, 9.17) is 13.3 Å². The van der Waals surface area contributed by atoms with Gasteiger partial charge in [-0.2, -0.15) is 26.3 Å². The summed E-state index contributed by atoms with van der Waals surface area (Å²) in [6, 6.07) is 0.719. The molecular formula is C14H28F6N2O7S2Si. The van der Waals surface area contributed by atoms with Crippen LogP contribution in [0.1, 0.15) is 32.6 Å². The Morgan fingerprint density at radius 1 is 0.906 bits per heavy atom. The third kappa shape index (κ3) is 8.07. The van der Waals surface area contributed by atoms with E-state index in [1.54, 1.807) is 21.3 Å². The second-order valence-electron chi connectivity index (χ2n) is 7.13. The van der Waals surface area contributed by atoms with E-state index in [2.05, 4.69) is 14.0 Å². The van der Waals surface area contributed by atoms with E-state index < -0.39 is 39.9 Å². The Bertz CT molecular complexity index is 753. The number of alkyl halides is 6. The molecule has 0 aromatic carbocycles. The van der Waals surface area contributed by atoms with Gasteiger partial charge in [0.1, 0.15) is 6.17 Å². The maximum absolute atomic E-state index is 11.4. The van der Waals surface area contributed by atoms with Crippen molar-refractivity contribution in [3.05, 3.63) is 4.13 Å². The van der Waals surface area contributed by atoms with Gasteiger partial charge in [0.25, 0.3) is 0 Å². The van der Waals surface area contributed by atoms with Gasteiger partial charge in [-0.05, 0) is 25.7 Å². The second-order valence-corrected chi connectivity index (χ2v) is 13.5. The molecule has 0 radical (unpaired) electrons. The number of quaternary nitrogens is 1. The molecule has 0 spiro atoms. The molecule has 0 amide bonds. The van der Waals surface area contributed by atoms with Crippen LogP contribution in [-0.2, 0) is 33.3 Å². The van der Waals surface area contributed by atoms with Crippen LogP contribution in [0.25, 0.3) is 4.13 Å². The summed E-state index contributed by atoms with van der Waals surface area (Å²) in [5.41, 5.74) is -12.4. The molecule has 1 aliphatic rings. The number of likely N-dealkylation sites (tertiary alicyclic amines) is 1. The number of halogens is 6. The van der Waals surface area contributed by atoms with Crippen LogP contribution in [0.4, 0.5) is 26.3 Å². The van der Waals surface area contributed by atoms with E-state index in [1.165, 1.54) is 32.2 Å². The molecule has 0 N–H and O–H groups in total. The molecular weight excluding hydrogens is 514 g/mol. The van der Waals surface area contributed by atoms with Crippen molar-refractivity contribution in [1.29, 1.82) is 0 Å². The minimum atomic E-state index is -6.72. The molecule has 2 unspecified atom stereocenters. The highest BCUT2D eigenvalue weighted by molar-refractivity contribution is 8.13. The first kappa shape index (κ1) is 31.5. The summed E-state index contributed by atoms with van der Waals surface area (Å²) in [6.07, 6.45) is 6.07. The molecule has 1 heterocycles. The number of nitrogens with zero attached hydrogens (tertiary/aromatic N) is 2. The van der Waals surface area contributed by atoms with Gasteiger partial charge < -0.3 is 21.9 Å². The van der Waals surface area contributed by atoms with Crippen LogP contribution in [0.3, 0.4) is 0 Å². The fourth-order valence-corrected chi connectivity index (χ4v) is 7.20. The molecule has 0 saturated carbocycles. The highest BCUT2D eigenvalue weighted by Gasteiger charge is 2.50. The first-order valence-corrected chi connectivity index (χ1v) is 13.9. The Hall–Kier alpha value is -0.503. The summed E-state index contributed by atoms with van der Waals surface area (Å²) in [5.74, 6) is 0. The molecule has 1 fully saturated rings. The van der Waals surface area contributed by atoms with Crippen LogP contribution in [0.15, 0.2) is 0 Å². The third-order valence-electron chi connectivity index (χ3n) is 5.08. The smallest absolute Gasteiger partial charge is 0.421 e. The van der Waals surface area contributed by atoms with Crippen LogP contribution in [0.5, 0.6) is 0 Å². The lowest BCUT2D eigenvalue weighted by Gasteiger charge is -2.46. The monoisotopic (exact) mass is 542 g/mol. The van der Waals surface area contributed by atoms with Gasteiger partial charge >= 0.3 is 19.8 Å². The van der Waals surface area contributed by atoms with E-state index >= 15 is 0 Å². The summed E-state index contributed by atoms with van der Waals surface area (Å²) in [6.45, 7) is 3.49. The van der Waals surface area contributed by atoms with Gasteiger partial charge in [-0.15, -0.1) is 0 Å². The van der Waals surface area contributed by atoms with Crippen LogP contribution >= 0.6 is 0 Å². The molecule has 0 bridgehead atoms. The highest BCUT2D eigenvalue weighted by Crippen LogP contribution is 2.36. The number of piperidine rings is 1. The van der Waals surface area contributed by atoms with Crippen LogP contribution in [0.2, 0.25) is 0 Å². The molecule has 32 heavy (non-hydrogen) atoms. The van der Waals surface area contributed by atoms with Crippen molar-refractivity contribution >= 4 is 28.9 Å². The Morgan fingerprint density at radius 3 is 1.62 bits per heavy atom. The fourth-order valence-electron chi connectivity index (χ4n) is 3.30. The van der Waals surface area contributed by atoms with Crippen molar-refractivity contribution in [2.45, 2.75) is 49.7 Å². The first-order valence-electron chi connectivity index (χ1n) is 9.13. The highest BCUT2D eigenvalue weighted by atomic mass is 32.3. The number of hydrogen-bond acceptors (Lipinski definition) is 7. The zero-order valence-electron chi connectivity index (χ0n) is 18.2.